The van der Waals surface area contributed by atoms with Gasteiger partial charge in [0.15, 0.2) is 5.69 Å². The number of nitrogens with one attached hydrogen (secondary N) is 1. The number of aliphatic hydroxyl groups excluding tert-OH is 1. The minimum atomic E-state index is -5.02. The van der Waals surface area contributed by atoms with Crippen LogP contribution in [0.3, 0.4) is 0 Å². The van der Waals surface area contributed by atoms with Gasteiger partial charge in [-0.25, -0.2) is 4.98 Å². The van der Waals surface area contributed by atoms with Crippen molar-refractivity contribution in [3.8, 4) is 11.6 Å². The molecule has 0 aliphatic carbocycles. The Morgan fingerprint density at radius 2 is 1.80 bits per heavy atom. The predicted octanol–water partition coefficient (Wildman–Crippen LogP) is 4.26. The van der Waals surface area contributed by atoms with Gasteiger partial charge in [0, 0.05) is 18.4 Å². The van der Waals surface area contributed by atoms with Crippen LogP contribution in [-0.4, -0.2) is 50.0 Å². The molecule has 14 heteroatoms. The van der Waals surface area contributed by atoms with E-state index in [1.807, 2.05) is 0 Å². The number of alkyl halides is 6. The number of amides is 1. The predicted molar refractivity (Wildman–Crippen MR) is 108 cm³/mol. The molecule has 2 unspecified atom stereocenters. The van der Waals surface area contributed by atoms with Gasteiger partial charge in [-0.15, -0.1) is 10.2 Å². The molecule has 8 nitrogen and oxygen atoms in total. The molecule has 2 aromatic heterocycles. The quantitative estimate of drug-likeness (QED) is 0.504. The minimum Gasteiger partial charge on any atom is -0.418 e. The van der Waals surface area contributed by atoms with Crippen molar-refractivity contribution in [2.75, 3.05) is 11.9 Å². The fourth-order valence-corrected chi connectivity index (χ4v) is 3.59. The van der Waals surface area contributed by atoms with Crippen LogP contribution >= 0.6 is 0 Å². The molecule has 1 aliphatic heterocycles. The molecule has 3 heterocycles. The van der Waals surface area contributed by atoms with Crippen LogP contribution < -0.4 is 5.32 Å². The number of aromatic nitrogens is 3. The van der Waals surface area contributed by atoms with E-state index in [0.717, 1.165) is 12.1 Å². The first-order chi connectivity index (χ1) is 16.3. The summed E-state index contributed by atoms with van der Waals surface area (Å²) in [5, 5.41) is 20.1. The molecule has 0 radical (unpaired) electrons. The van der Waals surface area contributed by atoms with Crippen LogP contribution in [0.15, 0.2) is 47.0 Å². The molecule has 1 aliphatic rings. The van der Waals surface area contributed by atoms with E-state index in [1.165, 1.54) is 25.3 Å². The van der Waals surface area contributed by atoms with Gasteiger partial charge < -0.3 is 19.7 Å². The number of nitrogens with zero attached hydrogens (tertiary/aromatic N) is 4. The second-order valence-electron chi connectivity index (χ2n) is 8.01. The Balaban J connectivity index is 1.59. The van der Waals surface area contributed by atoms with Gasteiger partial charge in [-0.2, -0.15) is 26.3 Å². The standard InChI is InChI=1S/C21H17F6N5O3/c1-19(8-10-32(17(19)33)18(34)21(25,26)27)16-31-30-15(35-16)14-13(3-2-9-28-14)29-12-6-4-11(5-7-12)20(22,23)24/h2-7,9,18,29,34H,8,10H2,1H3. The summed E-state index contributed by atoms with van der Waals surface area (Å²) in [6.45, 7) is 0.952. The molecule has 2 N–H and O–H groups in total. The Morgan fingerprint density at radius 1 is 1.11 bits per heavy atom. The third kappa shape index (κ3) is 4.65. The Bertz CT molecular complexity index is 1230. The van der Waals surface area contributed by atoms with Crippen molar-refractivity contribution in [1.29, 1.82) is 0 Å². The molecular weight excluding hydrogens is 484 g/mol. The molecule has 0 spiro atoms. The van der Waals surface area contributed by atoms with E-state index in [9.17, 15) is 36.2 Å². The van der Waals surface area contributed by atoms with Crippen molar-refractivity contribution >= 4 is 17.3 Å². The number of likely N-dealkylation sites (tertiary alicyclic amines) is 1. The lowest BCUT2D eigenvalue weighted by Gasteiger charge is -2.26. The zero-order valence-corrected chi connectivity index (χ0v) is 17.9. The molecule has 3 aromatic rings. The molecule has 1 fully saturated rings. The van der Waals surface area contributed by atoms with Gasteiger partial charge in [0.25, 0.3) is 5.89 Å². The zero-order valence-electron chi connectivity index (χ0n) is 17.9. The van der Waals surface area contributed by atoms with Crippen molar-refractivity contribution in [2.45, 2.75) is 37.3 Å². The lowest BCUT2D eigenvalue weighted by atomic mass is 9.89. The van der Waals surface area contributed by atoms with Crippen LogP contribution in [0.5, 0.6) is 0 Å². The number of hydrogen-bond donors (Lipinski definition) is 2. The number of pyridine rings is 1. The molecule has 2 atom stereocenters. The van der Waals surface area contributed by atoms with Gasteiger partial charge in [-0.05, 0) is 49.7 Å². The van der Waals surface area contributed by atoms with E-state index in [2.05, 4.69) is 20.5 Å². The fraction of sp³-hybridized carbons (Fsp3) is 0.333. The lowest BCUT2D eigenvalue weighted by molar-refractivity contribution is -0.245. The van der Waals surface area contributed by atoms with Gasteiger partial charge in [-0.1, -0.05) is 0 Å². The molecular formula is C21H17F6N5O3. The van der Waals surface area contributed by atoms with Gasteiger partial charge >= 0.3 is 12.4 Å². The molecule has 35 heavy (non-hydrogen) atoms. The number of rotatable bonds is 5. The van der Waals surface area contributed by atoms with Crippen molar-refractivity contribution in [3.63, 3.8) is 0 Å². The second kappa shape index (κ2) is 8.52. The summed E-state index contributed by atoms with van der Waals surface area (Å²) in [4.78, 5) is 17.1. The SMILES string of the molecule is CC1(c2nnc(-c3ncccc3Nc3ccc(C(F)(F)F)cc3)o2)CCN(C(O)C(F)(F)F)C1=O. The van der Waals surface area contributed by atoms with Gasteiger partial charge in [0.1, 0.15) is 5.41 Å². The topological polar surface area (TPSA) is 104 Å². The number of hydrogen-bond acceptors (Lipinski definition) is 7. The molecule has 1 amide bonds. The van der Waals surface area contributed by atoms with E-state index in [-0.39, 0.29) is 30.4 Å². The Morgan fingerprint density at radius 3 is 2.43 bits per heavy atom. The molecule has 1 saturated heterocycles. The van der Waals surface area contributed by atoms with Gasteiger partial charge in [0.05, 0.1) is 11.3 Å². The maximum Gasteiger partial charge on any atom is 0.433 e. The Kier molecular flexibility index (Phi) is 5.95. The van der Waals surface area contributed by atoms with Gasteiger partial charge in [-0.3, -0.25) is 4.79 Å². The average Bonchev–Trinajstić information content (AvgIpc) is 3.39. The molecule has 0 saturated carbocycles. The largest absolute Gasteiger partial charge is 0.433 e. The summed E-state index contributed by atoms with van der Waals surface area (Å²) in [5.74, 6) is -1.46. The van der Waals surface area contributed by atoms with Crippen LogP contribution in [0, 0.1) is 0 Å². The fourth-order valence-electron chi connectivity index (χ4n) is 3.59. The molecule has 4 rings (SSSR count). The summed E-state index contributed by atoms with van der Waals surface area (Å²) in [6.07, 6.45) is -11.2. The first kappa shape index (κ1) is 24.4. The maximum absolute atomic E-state index is 12.9. The number of anilines is 2. The number of halogens is 6. The number of carbonyl (C=O) groups excluding carboxylic acids is 1. The van der Waals surface area contributed by atoms with Crippen molar-refractivity contribution in [3.05, 3.63) is 54.0 Å². The normalized spacial score (nSPS) is 19.8. The van der Waals surface area contributed by atoms with Crippen LogP contribution in [0.25, 0.3) is 11.6 Å². The minimum absolute atomic E-state index is 0.104. The number of carbonyl (C=O) groups is 1. The van der Waals surface area contributed by atoms with Crippen LogP contribution in [0.2, 0.25) is 0 Å². The monoisotopic (exact) mass is 501 g/mol. The highest BCUT2D eigenvalue weighted by molar-refractivity contribution is 5.89. The summed E-state index contributed by atoms with van der Waals surface area (Å²) in [7, 11) is 0. The van der Waals surface area contributed by atoms with Crippen LogP contribution in [0.1, 0.15) is 24.8 Å². The van der Waals surface area contributed by atoms with Crippen LogP contribution in [0.4, 0.5) is 37.7 Å². The summed E-state index contributed by atoms with van der Waals surface area (Å²) in [5.41, 5.74) is -1.73. The lowest BCUT2D eigenvalue weighted by Crippen LogP contribution is -2.48. The summed E-state index contributed by atoms with van der Waals surface area (Å²) < 4.78 is 82.7. The van der Waals surface area contributed by atoms with E-state index in [4.69, 9.17) is 4.42 Å². The van der Waals surface area contributed by atoms with E-state index in [0.29, 0.717) is 16.3 Å². The highest BCUT2D eigenvalue weighted by Crippen LogP contribution is 2.39. The third-order valence-electron chi connectivity index (χ3n) is 5.57. The first-order valence-electron chi connectivity index (χ1n) is 10.1. The third-order valence-corrected chi connectivity index (χ3v) is 5.57. The van der Waals surface area contributed by atoms with Crippen molar-refractivity contribution < 1.29 is 40.7 Å². The molecule has 186 valence electrons. The Hall–Kier alpha value is -3.68. The summed E-state index contributed by atoms with van der Waals surface area (Å²) in [6, 6.07) is 7.34. The van der Waals surface area contributed by atoms with E-state index in [1.54, 1.807) is 12.1 Å². The average molecular weight is 501 g/mol. The second-order valence-corrected chi connectivity index (χ2v) is 8.01. The Labute approximate surface area is 193 Å². The molecule has 1 aromatic carbocycles. The maximum atomic E-state index is 12.9. The van der Waals surface area contributed by atoms with E-state index < -0.39 is 35.5 Å². The molecule has 0 bridgehead atoms. The van der Waals surface area contributed by atoms with Crippen LogP contribution in [-0.2, 0) is 16.4 Å². The van der Waals surface area contributed by atoms with Crippen molar-refractivity contribution in [1.82, 2.24) is 20.1 Å². The zero-order chi connectivity index (χ0) is 25.6. The number of aliphatic hydroxyl groups is 1. The smallest absolute Gasteiger partial charge is 0.418 e. The van der Waals surface area contributed by atoms with Gasteiger partial charge in [0.2, 0.25) is 18.0 Å². The summed E-state index contributed by atoms with van der Waals surface area (Å²) >= 11 is 0. The first-order valence-corrected chi connectivity index (χ1v) is 10.1. The number of benzene rings is 1. The highest BCUT2D eigenvalue weighted by atomic mass is 19.4. The van der Waals surface area contributed by atoms with E-state index >= 15 is 0 Å². The van der Waals surface area contributed by atoms with Crippen molar-refractivity contribution in [2.24, 2.45) is 0 Å². The highest BCUT2D eigenvalue weighted by Gasteiger charge is 2.55.